The van der Waals surface area contributed by atoms with Crippen LogP contribution in [0.25, 0.3) is 0 Å². The number of amides is 1. The maximum Gasteiger partial charge on any atom is 0.286 e. The van der Waals surface area contributed by atoms with Crippen LogP contribution in [0.15, 0.2) is 28.0 Å². The number of thioether (sulfide) groups is 1. The zero-order valence-electron chi connectivity index (χ0n) is 13.6. The smallest absolute Gasteiger partial charge is 0.286 e. The number of nitro groups is 1. The molecule has 26 heavy (non-hydrogen) atoms. The molecule has 0 bridgehead atoms. The first-order chi connectivity index (χ1) is 12.6. The summed E-state index contributed by atoms with van der Waals surface area (Å²) in [6, 6.07) is 2.48. The number of hydrogen-bond donors (Lipinski definition) is 1. The predicted octanol–water partition coefficient (Wildman–Crippen LogP) is 2.47. The van der Waals surface area contributed by atoms with Crippen molar-refractivity contribution >= 4 is 39.9 Å². The molecule has 9 nitrogen and oxygen atoms in total. The van der Waals surface area contributed by atoms with E-state index < -0.39 is 10.8 Å². The van der Waals surface area contributed by atoms with Crippen LogP contribution >= 0.6 is 23.1 Å². The lowest BCUT2D eigenvalue weighted by atomic mass is 10.1. The van der Waals surface area contributed by atoms with Gasteiger partial charge in [0.1, 0.15) is 12.2 Å². The minimum atomic E-state index is -0.631. The highest BCUT2D eigenvalue weighted by Gasteiger charge is 2.26. The number of thiazole rings is 1. The number of nitro benzene ring substituents is 1. The Balaban J connectivity index is 1.88. The average Bonchev–Trinajstić information content (AvgIpc) is 3.32. The zero-order valence-corrected chi connectivity index (χ0v) is 15.3. The van der Waals surface area contributed by atoms with Crippen molar-refractivity contribution in [3.05, 3.63) is 44.4 Å². The number of hydrogen-bond acceptors (Lipinski definition) is 9. The van der Waals surface area contributed by atoms with Crippen LogP contribution in [-0.2, 0) is 6.61 Å². The summed E-state index contributed by atoms with van der Waals surface area (Å²) in [4.78, 5) is 31.4. The standard InChI is InChI=1S/C15H14N4O5S2/c1-23-12-4-10(14(20)18-15-16-2-3-26-15)11(19(21)22)5-13(12)24-6-9-7-25-8-17-9/h4-5,7-8H,2-3,6H2,1H3,(H,16,18,20). The molecule has 11 heteroatoms. The van der Waals surface area contributed by atoms with E-state index in [2.05, 4.69) is 15.3 Å². The molecule has 0 aliphatic carbocycles. The van der Waals surface area contributed by atoms with Gasteiger partial charge in [-0.15, -0.1) is 11.3 Å². The Labute approximate surface area is 156 Å². The molecule has 1 aliphatic rings. The Bertz CT molecular complexity index is 854. The molecule has 1 aromatic heterocycles. The number of amidine groups is 1. The van der Waals surface area contributed by atoms with E-state index in [1.54, 1.807) is 5.51 Å². The second-order valence-corrected chi connectivity index (χ2v) is 6.84. The third-order valence-corrected chi connectivity index (χ3v) is 4.91. The zero-order chi connectivity index (χ0) is 18.5. The summed E-state index contributed by atoms with van der Waals surface area (Å²) in [5.74, 6) is 0.535. The maximum absolute atomic E-state index is 12.4. The van der Waals surface area contributed by atoms with E-state index in [1.807, 2.05) is 5.38 Å². The van der Waals surface area contributed by atoms with Gasteiger partial charge in [0.05, 0.1) is 35.8 Å². The van der Waals surface area contributed by atoms with E-state index >= 15 is 0 Å². The maximum atomic E-state index is 12.4. The molecule has 0 saturated heterocycles. The number of aromatic nitrogens is 1. The van der Waals surface area contributed by atoms with Gasteiger partial charge in [0.25, 0.3) is 11.6 Å². The van der Waals surface area contributed by atoms with Crippen molar-refractivity contribution < 1.29 is 19.2 Å². The van der Waals surface area contributed by atoms with Gasteiger partial charge >= 0.3 is 0 Å². The van der Waals surface area contributed by atoms with E-state index in [4.69, 9.17) is 9.47 Å². The summed E-state index contributed by atoms with van der Waals surface area (Å²) in [7, 11) is 1.40. The lowest BCUT2D eigenvalue weighted by Gasteiger charge is -2.12. The second kappa shape index (κ2) is 8.15. The van der Waals surface area contributed by atoms with Crippen molar-refractivity contribution in [2.75, 3.05) is 19.4 Å². The number of rotatable bonds is 6. The molecule has 0 fully saturated rings. The monoisotopic (exact) mass is 394 g/mol. The van der Waals surface area contributed by atoms with Crippen LogP contribution in [0, 0.1) is 10.1 Å². The Morgan fingerprint density at radius 1 is 1.42 bits per heavy atom. The number of carbonyl (C=O) groups excluding carboxylic acids is 1. The quantitative estimate of drug-likeness (QED) is 0.591. The number of benzene rings is 1. The van der Waals surface area contributed by atoms with E-state index in [-0.39, 0.29) is 29.4 Å². The summed E-state index contributed by atoms with van der Waals surface area (Å²) in [5.41, 5.74) is 1.86. The highest BCUT2D eigenvalue weighted by Crippen LogP contribution is 2.35. The number of methoxy groups -OCH3 is 1. The van der Waals surface area contributed by atoms with Crippen LogP contribution in [0.2, 0.25) is 0 Å². The molecule has 1 amide bonds. The van der Waals surface area contributed by atoms with E-state index in [1.165, 1.54) is 42.3 Å². The first-order valence-corrected chi connectivity index (χ1v) is 9.36. The van der Waals surface area contributed by atoms with Crippen LogP contribution in [0.4, 0.5) is 5.69 Å². The van der Waals surface area contributed by atoms with E-state index in [0.717, 1.165) is 5.75 Å². The van der Waals surface area contributed by atoms with Gasteiger partial charge in [0.15, 0.2) is 16.7 Å². The topological polar surface area (TPSA) is 116 Å². The SMILES string of the molecule is COc1cc(C(=O)NC2=NCCS2)c([N+](=O)[O-])cc1OCc1cscn1. The minimum Gasteiger partial charge on any atom is -0.493 e. The van der Waals surface area contributed by atoms with Crippen molar-refractivity contribution in [2.45, 2.75) is 6.61 Å². The van der Waals surface area contributed by atoms with Gasteiger partial charge in [0.2, 0.25) is 0 Å². The summed E-state index contributed by atoms with van der Waals surface area (Å²) in [6.07, 6.45) is 0. The molecule has 1 N–H and O–H groups in total. The number of nitrogens with one attached hydrogen (secondary N) is 1. The third-order valence-electron chi connectivity index (χ3n) is 3.39. The molecule has 0 atom stereocenters. The number of carbonyl (C=O) groups is 1. The Morgan fingerprint density at radius 2 is 2.27 bits per heavy atom. The van der Waals surface area contributed by atoms with Gasteiger partial charge in [-0.25, -0.2) is 4.98 Å². The number of aliphatic imine (C=N–C) groups is 1. The van der Waals surface area contributed by atoms with Crippen LogP contribution in [0.5, 0.6) is 11.5 Å². The molecular formula is C15H14N4O5S2. The molecule has 0 radical (unpaired) electrons. The normalized spacial score (nSPS) is 13.2. The fraction of sp³-hybridized carbons (Fsp3) is 0.267. The lowest BCUT2D eigenvalue weighted by Crippen LogP contribution is -2.28. The Hall–Kier alpha value is -2.66. The summed E-state index contributed by atoms with van der Waals surface area (Å²) in [5, 5.41) is 16.3. The molecule has 136 valence electrons. The second-order valence-electron chi connectivity index (χ2n) is 5.04. The molecule has 0 unspecified atom stereocenters. The first kappa shape index (κ1) is 18.1. The molecule has 0 saturated carbocycles. The minimum absolute atomic E-state index is 0.122. The fourth-order valence-corrected chi connectivity index (χ4v) is 3.46. The van der Waals surface area contributed by atoms with Crippen LogP contribution in [-0.4, -0.2) is 40.4 Å². The lowest BCUT2D eigenvalue weighted by molar-refractivity contribution is -0.385. The number of ether oxygens (including phenoxy) is 2. The van der Waals surface area contributed by atoms with Crippen LogP contribution in [0.3, 0.4) is 0 Å². The third kappa shape index (κ3) is 4.11. The largest absolute Gasteiger partial charge is 0.493 e. The van der Waals surface area contributed by atoms with Crippen LogP contribution in [0.1, 0.15) is 16.1 Å². The van der Waals surface area contributed by atoms with Gasteiger partial charge in [-0.3, -0.25) is 19.9 Å². The van der Waals surface area contributed by atoms with Gasteiger partial charge in [0, 0.05) is 17.2 Å². The Morgan fingerprint density at radius 3 is 2.88 bits per heavy atom. The first-order valence-electron chi connectivity index (χ1n) is 7.43. The van der Waals surface area contributed by atoms with Gasteiger partial charge in [-0.2, -0.15) is 0 Å². The van der Waals surface area contributed by atoms with E-state index in [9.17, 15) is 14.9 Å². The van der Waals surface area contributed by atoms with Gasteiger partial charge in [-0.05, 0) is 0 Å². The van der Waals surface area contributed by atoms with Crippen molar-refractivity contribution in [1.29, 1.82) is 0 Å². The molecular weight excluding hydrogens is 380 g/mol. The molecule has 2 aromatic rings. The average molecular weight is 394 g/mol. The van der Waals surface area contributed by atoms with Crippen molar-refractivity contribution in [2.24, 2.45) is 4.99 Å². The van der Waals surface area contributed by atoms with Crippen LogP contribution < -0.4 is 14.8 Å². The molecule has 1 aliphatic heterocycles. The van der Waals surface area contributed by atoms with Gasteiger partial charge < -0.3 is 14.8 Å². The summed E-state index contributed by atoms with van der Waals surface area (Å²) < 4.78 is 10.8. The fourth-order valence-electron chi connectivity index (χ4n) is 2.19. The number of nitrogens with zero attached hydrogens (tertiary/aromatic N) is 3. The van der Waals surface area contributed by atoms with Crippen molar-refractivity contribution in [1.82, 2.24) is 10.3 Å². The van der Waals surface area contributed by atoms with Crippen molar-refractivity contribution in [3.8, 4) is 11.5 Å². The van der Waals surface area contributed by atoms with Crippen molar-refractivity contribution in [3.63, 3.8) is 0 Å². The summed E-state index contributed by atoms with van der Waals surface area (Å²) in [6.45, 7) is 0.741. The predicted molar refractivity (Wildman–Crippen MR) is 98.3 cm³/mol. The van der Waals surface area contributed by atoms with Gasteiger partial charge in [-0.1, -0.05) is 11.8 Å². The van der Waals surface area contributed by atoms with E-state index in [0.29, 0.717) is 17.4 Å². The highest BCUT2D eigenvalue weighted by molar-refractivity contribution is 8.14. The summed E-state index contributed by atoms with van der Waals surface area (Å²) >= 11 is 2.80. The molecule has 2 heterocycles. The highest BCUT2D eigenvalue weighted by atomic mass is 32.2. The molecule has 1 aromatic carbocycles. The molecule has 3 rings (SSSR count). The Kier molecular flexibility index (Phi) is 5.68. The molecule has 0 spiro atoms.